The van der Waals surface area contributed by atoms with E-state index >= 15 is 0 Å². The van der Waals surface area contributed by atoms with Gasteiger partial charge in [-0.25, -0.2) is 12.8 Å². The van der Waals surface area contributed by atoms with Crippen molar-refractivity contribution in [2.24, 2.45) is 7.05 Å². The number of Topliss-reactive ketones (excluding diaryl/α,β-unsaturated/α-hetero) is 1. The average molecular weight is 399 g/mol. The molecule has 0 aliphatic carbocycles. The summed E-state index contributed by atoms with van der Waals surface area (Å²) in [5.74, 6) is 0.201. The lowest BCUT2D eigenvalue weighted by atomic mass is 10.1. The molecule has 0 amide bonds. The number of carbonyl (C=O) groups excluding carboxylic acids is 1. The van der Waals surface area contributed by atoms with Crippen LogP contribution in [0.3, 0.4) is 0 Å². The van der Waals surface area contributed by atoms with E-state index in [1.807, 2.05) is 0 Å². The first-order valence-corrected chi connectivity index (χ1v) is 10.7. The van der Waals surface area contributed by atoms with Gasteiger partial charge in [0.2, 0.25) is 0 Å². The lowest BCUT2D eigenvalue weighted by molar-refractivity contribution is 0.101. The van der Waals surface area contributed by atoms with Crippen LogP contribution < -0.4 is 4.74 Å². The van der Waals surface area contributed by atoms with Crippen molar-refractivity contribution in [3.63, 3.8) is 0 Å². The second-order valence-corrected chi connectivity index (χ2v) is 9.23. The van der Waals surface area contributed by atoms with Crippen molar-refractivity contribution < 1.29 is 22.3 Å². The summed E-state index contributed by atoms with van der Waals surface area (Å²) in [7, 11) is 0.148. The molecule has 0 N–H and O–H groups in total. The van der Waals surface area contributed by atoms with Crippen molar-refractivity contribution in [1.29, 1.82) is 0 Å². The molecule has 10 heteroatoms. The van der Waals surface area contributed by atoms with Crippen LogP contribution in [0.15, 0.2) is 23.4 Å². The minimum Gasteiger partial charge on any atom is -0.496 e. The Hall–Kier alpha value is -1.94. The zero-order valence-electron chi connectivity index (χ0n) is 14.3. The van der Waals surface area contributed by atoms with E-state index in [4.69, 9.17) is 4.74 Å². The molecule has 1 aliphatic rings. The summed E-state index contributed by atoms with van der Waals surface area (Å²) < 4.78 is 43.5. The number of nitrogens with zero attached hydrogens (tertiary/aromatic N) is 3. The highest BCUT2D eigenvalue weighted by Gasteiger charge is 2.32. The van der Waals surface area contributed by atoms with E-state index in [1.54, 1.807) is 11.6 Å². The van der Waals surface area contributed by atoms with Crippen LogP contribution in [0.1, 0.15) is 28.5 Å². The van der Waals surface area contributed by atoms with Gasteiger partial charge in [0, 0.05) is 13.0 Å². The Bertz CT molecular complexity index is 943. The number of ketones is 1. The van der Waals surface area contributed by atoms with Gasteiger partial charge in [-0.2, -0.15) is 0 Å². The fourth-order valence-corrected chi connectivity index (χ4v) is 5.45. The molecule has 2 aromatic rings. The van der Waals surface area contributed by atoms with Crippen molar-refractivity contribution >= 4 is 27.4 Å². The first kappa shape index (κ1) is 18.8. The van der Waals surface area contributed by atoms with Crippen LogP contribution in [-0.2, 0) is 16.9 Å². The maximum atomic E-state index is 13.4. The molecule has 1 saturated heterocycles. The molecule has 0 saturated carbocycles. The molecule has 26 heavy (non-hydrogen) atoms. The standard InChI is InChI=1S/C16H18FN3O4S2/c1-20-15(10-5-6-26(22,23)9-10)18-19-16(20)25-8-13(21)12-7-11(17)3-4-14(12)24-2/h3-4,7,10H,5-6,8-9H2,1-2H3. The van der Waals surface area contributed by atoms with Crippen molar-refractivity contribution in [3.05, 3.63) is 35.4 Å². The molecule has 140 valence electrons. The van der Waals surface area contributed by atoms with Gasteiger partial charge in [-0.05, 0) is 24.6 Å². The molecule has 0 spiro atoms. The summed E-state index contributed by atoms with van der Waals surface area (Å²) in [6.45, 7) is 0. The summed E-state index contributed by atoms with van der Waals surface area (Å²) >= 11 is 1.17. The summed E-state index contributed by atoms with van der Waals surface area (Å²) in [4.78, 5) is 12.4. The van der Waals surface area contributed by atoms with Gasteiger partial charge in [-0.1, -0.05) is 11.8 Å². The first-order valence-electron chi connectivity index (χ1n) is 7.90. The van der Waals surface area contributed by atoms with Crippen molar-refractivity contribution in [3.8, 4) is 5.75 Å². The van der Waals surface area contributed by atoms with Crippen molar-refractivity contribution in [2.45, 2.75) is 17.5 Å². The van der Waals surface area contributed by atoms with Gasteiger partial charge in [-0.3, -0.25) is 4.79 Å². The third-order valence-electron chi connectivity index (χ3n) is 4.26. The topological polar surface area (TPSA) is 91.2 Å². The number of carbonyl (C=O) groups is 1. The first-order chi connectivity index (χ1) is 12.3. The lowest BCUT2D eigenvalue weighted by Gasteiger charge is -2.09. The number of methoxy groups -OCH3 is 1. The average Bonchev–Trinajstić information content (AvgIpc) is 3.14. The third kappa shape index (κ3) is 3.90. The van der Waals surface area contributed by atoms with Gasteiger partial charge in [0.1, 0.15) is 17.4 Å². The summed E-state index contributed by atoms with van der Waals surface area (Å²) in [6.07, 6.45) is 0.526. The molecule has 1 unspecified atom stereocenters. The molecule has 1 atom stereocenters. The van der Waals surface area contributed by atoms with E-state index in [2.05, 4.69) is 10.2 Å². The van der Waals surface area contributed by atoms with Gasteiger partial charge < -0.3 is 9.30 Å². The Labute approximate surface area is 154 Å². The van der Waals surface area contributed by atoms with Gasteiger partial charge in [0.15, 0.2) is 20.8 Å². The van der Waals surface area contributed by atoms with E-state index < -0.39 is 15.7 Å². The van der Waals surface area contributed by atoms with E-state index in [-0.39, 0.29) is 34.5 Å². The summed E-state index contributed by atoms with van der Waals surface area (Å²) in [6, 6.07) is 3.79. The number of benzene rings is 1. The second-order valence-electron chi connectivity index (χ2n) is 6.06. The SMILES string of the molecule is COc1ccc(F)cc1C(=O)CSc1nnc(C2CCS(=O)(=O)C2)n1C. The third-order valence-corrected chi connectivity index (χ3v) is 7.05. The van der Waals surface area contributed by atoms with Gasteiger partial charge in [-0.15, -0.1) is 10.2 Å². The number of rotatable bonds is 6. The number of hydrogen-bond acceptors (Lipinski definition) is 7. The fourth-order valence-electron chi connectivity index (χ4n) is 2.91. The highest BCUT2D eigenvalue weighted by atomic mass is 32.2. The Morgan fingerprint density at radius 1 is 1.42 bits per heavy atom. The van der Waals surface area contributed by atoms with Gasteiger partial charge >= 0.3 is 0 Å². The summed E-state index contributed by atoms with van der Waals surface area (Å²) in [5.41, 5.74) is 0.171. The molecule has 1 aromatic heterocycles. The zero-order chi connectivity index (χ0) is 18.9. The molecular formula is C16H18FN3O4S2. The lowest BCUT2D eigenvalue weighted by Crippen LogP contribution is -2.10. The Balaban J connectivity index is 1.71. The summed E-state index contributed by atoms with van der Waals surface area (Å²) in [5, 5.41) is 8.66. The zero-order valence-corrected chi connectivity index (χ0v) is 15.9. The van der Waals surface area contributed by atoms with Crippen LogP contribution in [0.2, 0.25) is 0 Å². The van der Waals surface area contributed by atoms with E-state index in [1.165, 1.54) is 31.0 Å². The van der Waals surface area contributed by atoms with Crippen LogP contribution in [0.5, 0.6) is 5.75 Å². The van der Waals surface area contributed by atoms with Gasteiger partial charge in [0.05, 0.1) is 29.9 Å². The predicted octanol–water partition coefficient (Wildman–Crippen LogP) is 1.84. The number of aromatic nitrogens is 3. The molecule has 1 aromatic carbocycles. The maximum absolute atomic E-state index is 13.4. The van der Waals surface area contributed by atoms with Crippen LogP contribution in [0, 0.1) is 5.82 Å². The number of sulfone groups is 1. The second kappa shape index (κ2) is 7.36. The molecular weight excluding hydrogens is 381 g/mol. The minimum atomic E-state index is -3.02. The molecule has 7 nitrogen and oxygen atoms in total. The fraction of sp³-hybridized carbons (Fsp3) is 0.438. The van der Waals surface area contributed by atoms with Crippen molar-refractivity contribution in [2.75, 3.05) is 24.4 Å². The number of thioether (sulfide) groups is 1. The molecule has 0 bridgehead atoms. The van der Waals surface area contributed by atoms with Crippen LogP contribution in [0.25, 0.3) is 0 Å². The number of hydrogen-bond donors (Lipinski definition) is 0. The highest BCUT2D eigenvalue weighted by molar-refractivity contribution is 7.99. The largest absolute Gasteiger partial charge is 0.496 e. The monoisotopic (exact) mass is 399 g/mol. The highest BCUT2D eigenvalue weighted by Crippen LogP contribution is 2.30. The van der Waals surface area contributed by atoms with Crippen LogP contribution >= 0.6 is 11.8 Å². The van der Waals surface area contributed by atoms with Crippen LogP contribution in [0.4, 0.5) is 4.39 Å². The van der Waals surface area contributed by atoms with Crippen LogP contribution in [-0.4, -0.2) is 53.3 Å². The molecule has 0 radical (unpaired) electrons. The normalized spacial score (nSPS) is 18.8. The smallest absolute Gasteiger partial charge is 0.191 e. The van der Waals surface area contributed by atoms with Gasteiger partial charge in [0.25, 0.3) is 0 Å². The number of ether oxygens (including phenoxy) is 1. The molecule has 1 fully saturated rings. The molecule has 1 aliphatic heterocycles. The van der Waals surface area contributed by atoms with E-state index in [0.29, 0.717) is 23.2 Å². The predicted molar refractivity (Wildman–Crippen MR) is 95.0 cm³/mol. The number of halogens is 1. The van der Waals surface area contributed by atoms with E-state index in [0.717, 1.165) is 6.07 Å². The Morgan fingerprint density at radius 2 is 2.19 bits per heavy atom. The van der Waals surface area contributed by atoms with E-state index in [9.17, 15) is 17.6 Å². The maximum Gasteiger partial charge on any atom is 0.191 e. The Kier molecular flexibility index (Phi) is 5.33. The quantitative estimate of drug-likeness (QED) is 0.541. The molecule has 3 rings (SSSR count). The molecule has 2 heterocycles. The Morgan fingerprint density at radius 3 is 2.85 bits per heavy atom. The minimum absolute atomic E-state index is 0.0365. The van der Waals surface area contributed by atoms with Crippen molar-refractivity contribution in [1.82, 2.24) is 14.8 Å².